The molecule has 0 amide bonds. The molecule has 104 valence electrons. The zero-order valence-corrected chi connectivity index (χ0v) is 13.1. The van der Waals surface area contributed by atoms with Crippen LogP contribution in [0.2, 0.25) is 0 Å². The number of nitrogens with zero attached hydrogens (tertiary/aromatic N) is 1. The minimum absolute atomic E-state index is 0.236. The van der Waals surface area contributed by atoms with E-state index in [1.165, 1.54) is 11.8 Å². The van der Waals surface area contributed by atoms with Gasteiger partial charge in [0, 0.05) is 16.4 Å². The average molecular weight is 345 g/mol. The van der Waals surface area contributed by atoms with Crippen molar-refractivity contribution in [3.63, 3.8) is 0 Å². The number of hydrogen-bond donors (Lipinski definition) is 2. The minimum Gasteiger partial charge on any atom is -0.480 e. The summed E-state index contributed by atoms with van der Waals surface area (Å²) in [5.74, 6) is -0.0208. The van der Waals surface area contributed by atoms with Crippen LogP contribution in [0.3, 0.4) is 0 Å². The highest BCUT2D eigenvalue weighted by Crippen LogP contribution is 2.43. The molecule has 0 aliphatic heterocycles. The third kappa shape index (κ3) is 3.30. The second kappa shape index (κ2) is 6.24. The summed E-state index contributed by atoms with van der Waals surface area (Å²) in [7, 11) is 0. The highest BCUT2D eigenvalue weighted by molar-refractivity contribution is 9.10. The van der Waals surface area contributed by atoms with Gasteiger partial charge >= 0.3 is 5.97 Å². The molecule has 1 unspecified atom stereocenters. The zero-order chi connectivity index (χ0) is 13.9. The molecule has 1 fully saturated rings. The molecule has 1 aliphatic carbocycles. The van der Waals surface area contributed by atoms with Crippen LogP contribution >= 0.6 is 27.7 Å². The monoisotopic (exact) mass is 344 g/mol. The van der Waals surface area contributed by atoms with Gasteiger partial charge in [0.2, 0.25) is 0 Å². The van der Waals surface area contributed by atoms with E-state index in [2.05, 4.69) is 26.2 Å². The summed E-state index contributed by atoms with van der Waals surface area (Å²) in [6, 6.07) is 3.77. The molecule has 2 rings (SSSR count). The first kappa shape index (κ1) is 14.8. The molecule has 2 N–H and O–H groups in total. The minimum atomic E-state index is -0.823. The summed E-state index contributed by atoms with van der Waals surface area (Å²) < 4.78 is 0.909. The van der Waals surface area contributed by atoms with Gasteiger partial charge in [-0.1, -0.05) is 6.92 Å². The Labute approximate surface area is 125 Å². The van der Waals surface area contributed by atoms with Crippen molar-refractivity contribution in [1.82, 2.24) is 10.3 Å². The smallest absolute Gasteiger partial charge is 0.325 e. The van der Waals surface area contributed by atoms with E-state index in [9.17, 15) is 9.90 Å². The summed E-state index contributed by atoms with van der Waals surface area (Å²) in [5.41, 5.74) is -0.823. The van der Waals surface area contributed by atoms with Crippen molar-refractivity contribution in [2.75, 3.05) is 12.3 Å². The topological polar surface area (TPSA) is 62.2 Å². The Morgan fingerprint density at radius 2 is 2.42 bits per heavy atom. The molecular weight excluding hydrogens is 328 g/mol. The van der Waals surface area contributed by atoms with Crippen LogP contribution < -0.4 is 5.32 Å². The van der Waals surface area contributed by atoms with Crippen LogP contribution in [-0.2, 0) is 4.79 Å². The van der Waals surface area contributed by atoms with E-state index in [4.69, 9.17) is 0 Å². The molecule has 19 heavy (non-hydrogen) atoms. The van der Waals surface area contributed by atoms with E-state index in [-0.39, 0.29) is 5.92 Å². The lowest BCUT2D eigenvalue weighted by Gasteiger charge is -2.30. The maximum atomic E-state index is 11.7. The number of aliphatic carboxylic acids is 1. The lowest BCUT2D eigenvalue weighted by atomic mass is 9.96. The van der Waals surface area contributed by atoms with Crippen molar-refractivity contribution in [2.24, 2.45) is 5.92 Å². The molecule has 0 aromatic carbocycles. The van der Waals surface area contributed by atoms with Gasteiger partial charge in [-0.3, -0.25) is 4.79 Å². The van der Waals surface area contributed by atoms with Crippen molar-refractivity contribution in [3.8, 4) is 0 Å². The first-order chi connectivity index (χ1) is 9.10. The van der Waals surface area contributed by atoms with Gasteiger partial charge in [-0.15, -0.1) is 11.8 Å². The Morgan fingerprint density at radius 1 is 1.68 bits per heavy atom. The van der Waals surface area contributed by atoms with Crippen LogP contribution in [0.5, 0.6) is 0 Å². The highest BCUT2D eigenvalue weighted by atomic mass is 79.9. The second-order valence-corrected chi connectivity index (χ2v) is 6.48. The van der Waals surface area contributed by atoms with Gasteiger partial charge in [0.15, 0.2) is 0 Å². The van der Waals surface area contributed by atoms with Crippen LogP contribution in [0, 0.1) is 5.92 Å². The van der Waals surface area contributed by atoms with Crippen LogP contribution in [0.15, 0.2) is 27.8 Å². The van der Waals surface area contributed by atoms with E-state index < -0.39 is 11.5 Å². The Balaban J connectivity index is 2.12. The molecule has 6 heteroatoms. The van der Waals surface area contributed by atoms with Crippen LogP contribution in [0.1, 0.15) is 19.8 Å². The van der Waals surface area contributed by atoms with Gasteiger partial charge in [0.25, 0.3) is 0 Å². The van der Waals surface area contributed by atoms with Gasteiger partial charge in [0.05, 0.1) is 0 Å². The predicted octanol–water partition coefficient (Wildman–Crippen LogP) is 2.78. The quantitative estimate of drug-likeness (QED) is 0.744. The van der Waals surface area contributed by atoms with Gasteiger partial charge < -0.3 is 10.4 Å². The maximum Gasteiger partial charge on any atom is 0.325 e. The largest absolute Gasteiger partial charge is 0.480 e. The molecule has 1 heterocycles. The highest BCUT2D eigenvalue weighted by Gasteiger charge is 2.50. The molecule has 1 aromatic heterocycles. The molecule has 0 bridgehead atoms. The number of carbonyl (C=O) groups is 1. The van der Waals surface area contributed by atoms with Crippen molar-refractivity contribution in [2.45, 2.75) is 30.3 Å². The third-order valence-corrected chi connectivity index (χ3v) is 5.41. The first-order valence-corrected chi connectivity index (χ1v) is 8.09. The molecule has 1 saturated carbocycles. The number of likely N-dealkylation sites (N-methyl/N-ethyl adjacent to an activating group) is 1. The van der Waals surface area contributed by atoms with Crippen molar-refractivity contribution in [3.05, 3.63) is 22.8 Å². The molecule has 0 saturated heterocycles. The number of rotatable bonds is 7. The standard InChI is InChI=1S/C13H17BrN2O2S/c1-2-16-13(12(17)18,9-5-6-9)8-19-11-10(14)4-3-7-15-11/h3-4,7,9,16H,2,5-6,8H2,1H3,(H,17,18). The van der Waals surface area contributed by atoms with Gasteiger partial charge in [0.1, 0.15) is 10.6 Å². The fraction of sp³-hybridized carbons (Fsp3) is 0.538. The fourth-order valence-corrected chi connectivity index (χ4v) is 3.94. The Bertz CT molecular complexity index is 468. The molecule has 1 aromatic rings. The maximum absolute atomic E-state index is 11.7. The summed E-state index contributed by atoms with van der Waals surface area (Å²) >= 11 is 4.93. The number of thioether (sulfide) groups is 1. The Hall–Kier alpha value is -0.590. The summed E-state index contributed by atoms with van der Waals surface area (Å²) in [5, 5.41) is 13.6. The number of pyridine rings is 1. The van der Waals surface area contributed by atoms with Gasteiger partial charge in [-0.2, -0.15) is 0 Å². The fourth-order valence-electron chi connectivity index (χ4n) is 2.18. The van der Waals surface area contributed by atoms with Crippen molar-refractivity contribution >= 4 is 33.7 Å². The summed E-state index contributed by atoms with van der Waals surface area (Å²) in [6.45, 7) is 2.61. The van der Waals surface area contributed by atoms with E-state index in [1.807, 2.05) is 19.1 Å². The molecule has 1 aliphatic rings. The van der Waals surface area contributed by atoms with E-state index >= 15 is 0 Å². The lowest BCUT2D eigenvalue weighted by molar-refractivity contribution is -0.144. The van der Waals surface area contributed by atoms with E-state index in [1.54, 1.807) is 6.20 Å². The normalized spacial score (nSPS) is 18.0. The van der Waals surface area contributed by atoms with E-state index in [0.717, 1.165) is 22.3 Å². The number of aromatic nitrogens is 1. The van der Waals surface area contributed by atoms with Crippen LogP contribution in [0.4, 0.5) is 0 Å². The number of halogens is 1. The Kier molecular flexibility index (Phi) is 4.86. The molecule has 0 spiro atoms. The molecule has 4 nitrogen and oxygen atoms in total. The van der Waals surface area contributed by atoms with Crippen LogP contribution in [-0.4, -0.2) is 33.9 Å². The predicted molar refractivity (Wildman–Crippen MR) is 79.4 cm³/mol. The van der Waals surface area contributed by atoms with Crippen LogP contribution in [0.25, 0.3) is 0 Å². The lowest BCUT2D eigenvalue weighted by Crippen LogP contribution is -2.56. The number of hydrogen-bond acceptors (Lipinski definition) is 4. The molecule has 0 radical (unpaired) electrons. The van der Waals surface area contributed by atoms with Crippen molar-refractivity contribution < 1.29 is 9.90 Å². The van der Waals surface area contributed by atoms with E-state index in [0.29, 0.717) is 12.3 Å². The summed E-state index contributed by atoms with van der Waals surface area (Å²) in [6.07, 6.45) is 3.70. The first-order valence-electron chi connectivity index (χ1n) is 6.32. The zero-order valence-electron chi connectivity index (χ0n) is 10.7. The van der Waals surface area contributed by atoms with Gasteiger partial charge in [-0.25, -0.2) is 4.98 Å². The number of carboxylic acid groups (broad SMARTS) is 1. The SMILES string of the molecule is CCNC(CSc1ncccc1Br)(C(=O)O)C1CC1. The Morgan fingerprint density at radius 3 is 2.95 bits per heavy atom. The third-order valence-electron chi connectivity index (χ3n) is 3.31. The summed E-state index contributed by atoms with van der Waals surface area (Å²) in [4.78, 5) is 16.0. The molecular formula is C13H17BrN2O2S. The van der Waals surface area contributed by atoms with Gasteiger partial charge in [-0.05, 0) is 53.4 Å². The molecule has 1 atom stereocenters. The van der Waals surface area contributed by atoms with Crippen molar-refractivity contribution in [1.29, 1.82) is 0 Å². The number of carboxylic acids is 1. The second-order valence-electron chi connectivity index (χ2n) is 4.66. The average Bonchev–Trinajstić information content (AvgIpc) is 3.20. The number of nitrogens with one attached hydrogen (secondary N) is 1.